The van der Waals surface area contributed by atoms with E-state index in [1.807, 2.05) is 12.1 Å². The first-order chi connectivity index (χ1) is 15.7. The van der Waals surface area contributed by atoms with Crippen LogP contribution in [0.25, 0.3) is 22.3 Å². The van der Waals surface area contributed by atoms with E-state index in [4.69, 9.17) is 4.74 Å². The minimum absolute atomic E-state index is 0.00766. The van der Waals surface area contributed by atoms with E-state index in [-0.39, 0.29) is 12.4 Å². The highest BCUT2D eigenvalue weighted by Crippen LogP contribution is 2.29. The summed E-state index contributed by atoms with van der Waals surface area (Å²) in [6, 6.07) is 24.2. The van der Waals surface area contributed by atoms with Crippen LogP contribution in [-0.2, 0) is 16.1 Å². The lowest BCUT2D eigenvalue weighted by Crippen LogP contribution is -2.40. The van der Waals surface area contributed by atoms with Gasteiger partial charge >= 0.3 is 5.97 Å². The Kier molecular flexibility index (Phi) is 7.93. The summed E-state index contributed by atoms with van der Waals surface area (Å²) < 4.78 is 5.20. The van der Waals surface area contributed by atoms with Crippen LogP contribution in [0.15, 0.2) is 78.9 Å². The molecular weight excluding hydrogens is 424 g/mol. The van der Waals surface area contributed by atoms with E-state index in [0.29, 0.717) is 11.1 Å². The van der Waals surface area contributed by atoms with Crippen molar-refractivity contribution in [3.8, 4) is 28.0 Å². The zero-order valence-corrected chi connectivity index (χ0v) is 21.2. The molecule has 0 aliphatic heterocycles. The number of rotatable bonds is 9. The largest absolute Gasteiger partial charge is 0.508 e. The van der Waals surface area contributed by atoms with Gasteiger partial charge in [-0.1, -0.05) is 105 Å². The van der Waals surface area contributed by atoms with Gasteiger partial charge in [-0.25, -0.2) is 4.79 Å². The summed E-state index contributed by atoms with van der Waals surface area (Å²) in [4.78, 5) is 11.7. The summed E-state index contributed by atoms with van der Waals surface area (Å²) in [5, 5.41) is 11.7. The average Bonchev–Trinajstić information content (AvgIpc) is 2.82. The molecule has 1 N–H and O–H groups in total. The molecule has 0 atom stereocenters. The van der Waals surface area contributed by atoms with Gasteiger partial charge in [-0.3, -0.25) is 0 Å². The van der Waals surface area contributed by atoms with Gasteiger partial charge in [-0.2, -0.15) is 0 Å². The first-order valence-electron chi connectivity index (χ1n) is 11.6. The van der Waals surface area contributed by atoms with Crippen molar-refractivity contribution in [2.24, 2.45) is 0 Å². The molecule has 3 nitrogen and oxygen atoms in total. The molecule has 3 aromatic carbocycles. The fraction of sp³-hybridized carbons (Fsp3) is 0.276. The van der Waals surface area contributed by atoms with Crippen molar-refractivity contribution in [3.05, 3.63) is 84.4 Å². The van der Waals surface area contributed by atoms with E-state index in [1.54, 1.807) is 13.0 Å². The van der Waals surface area contributed by atoms with Gasteiger partial charge < -0.3 is 9.84 Å². The minimum atomic E-state index is -1.36. The molecule has 0 bridgehead atoms. The van der Waals surface area contributed by atoms with E-state index >= 15 is 0 Å². The highest BCUT2D eigenvalue weighted by atomic mass is 28.3. The van der Waals surface area contributed by atoms with E-state index in [0.717, 1.165) is 11.1 Å². The number of carbonyl (C=O) groups is 1. The molecule has 0 saturated carbocycles. The normalized spacial score (nSPS) is 11.3. The molecule has 33 heavy (non-hydrogen) atoms. The molecule has 0 aliphatic rings. The van der Waals surface area contributed by atoms with Crippen LogP contribution in [0.1, 0.15) is 32.3 Å². The summed E-state index contributed by atoms with van der Waals surface area (Å²) in [5.74, 6) is -0.359. The number of carbonyl (C=O) groups excluding carboxylic acids is 1. The van der Waals surface area contributed by atoms with E-state index in [1.165, 1.54) is 35.2 Å². The van der Waals surface area contributed by atoms with Crippen LogP contribution in [0.2, 0.25) is 19.1 Å². The first kappa shape index (κ1) is 24.5. The smallest absolute Gasteiger partial charge is 0.333 e. The SMILES string of the molecule is C=C(C)C(=O)OCc1cc(-c2ccc(-c3ccc([Si](C)(C)CCCC)cc3)cc2)ccc1O. The van der Waals surface area contributed by atoms with Crippen molar-refractivity contribution < 1.29 is 14.6 Å². The van der Waals surface area contributed by atoms with Gasteiger partial charge in [-0.15, -0.1) is 0 Å². The highest BCUT2D eigenvalue weighted by molar-refractivity contribution is 6.89. The molecule has 0 radical (unpaired) electrons. The third-order valence-electron chi connectivity index (χ3n) is 6.16. The summed E-state index contributed by atoms with van der Waals surface area (Å²) in [6.45, 7) is 12.4. The Morgan fingerprint density at radius 2 is 1.42 bits per heavy atom. The van der Waals surface area contributed by atoms with Gasteiger partial charge in [0.2, 0.25) is 0 Å². The fourth-order valence-corrected chi connectivity index (χ4v) is 6.47. The number of hydrogen-bond acceptors (Lipinski definition) is 3. The summed E-state index contributed by atoms with van der Waals surface area (Å²) >= 11 is 0. The summed E-state index contributed by atoms with van der Waals surface area (Å²) in [5.41, 5.74) is 5.28. The van der Waals surface area contributed by atoms with E-state index in [9.17, 15) is 9.90 Å². The molecule has 0 fully saturated rings. The Morgan fingerprint density at radius 3 is 1.97 bits per heavy atom. The second-order valence-corrected chi connectivity index (χ2v) is 14.2. The first-order valence-corrected chi connectivity index (χ1v) is 14.8. The molecule has 0 aromatic heterocycles. The van der Waals surface area contributed by atoms with Gasteiger partial charge in [0.05, 0.1) is 8.07 Å². The lowest BCUT2D eigenvalue weighted by Gasteiger charge is -2.23. The van der Waals surface area contributed by atoms with Gasteiger partial charge in [0.25, 0.3) is 0 Å². The molecule has 172 valence electrons. The van der Waals surface area contributed by atoms with Gasteiger partial charge in [0.15, 0.2) is 0 Å². The maximum absolute atomic E-state index is 11.7. The minimum Gasteiger partial charge on any atom is -0.508 e. The number of esters is 1. The Hall–Kier alpha value is -3.11. The quantitative estimate of drug-likeness (QED) is 0.212. The second-order valence-electron chi connectivity index (χ2n) is 9.34. The van der Waals surface area contributed by atoms with Crippen LogP contribution < -0.4 is 5.19 Å². The average molecular weight is 459 g/mol. The number of aromatic hydroxyl groups is 1. The van der Waals surface area contributed by atoms with Crippen molar-refractivity contribution in [3.63, 3.8) is 0 Å². The van der Waals surface area contributed by atoms with Crippen molar-refractivity contribution in [2.45, 2.75) is 52.4 Å². The Bertz CT molecular complexity index is 1110. The molecule has 3 aromatic rings. The zero-order valence-electron chi connectivity index (χ0n) is 20.2. The van der Waals surface area contributed by atoms with Crippen molar-refractivity contribution in [1.82, 2.24) is 0 Å². The van der Waals surface area contributed by atoms with Crippen LogP contribution in [-0.4, -0.2) is 19.1 Å². The molecule has 4 heteroatoms. The van der Waals surface area contributed by atoms with E-state index in [2.05, 4.69) is 75.1 Å². The number of phenolic OH excluding ortho intramolecular Hbond substituents is 1. The predicted octanol–water partition coefficient (Wildman–Crippen LogP) is 7.06. The number of unbranched alkanes of at least 4 members (excludes halogenated alkanes) is 1. The lowest BCUT2D eigenvalue weighted by molar-refractivity contribution is -0.140. The van der Waals surface area contributed by atoms with Crippen molar-refractivity contribution in [1.29, 1.82) is 0 Å². The summed E-state index contributed by atoms with van der Waals surface area (Å²) in [6.07, 6.45) is 2.56. The number of phenols is 1. The lowest BCUT2D eigenvalue weighted by atomic mass is 9.99. The van der Waals surface area contributed by atoms with Crippen LogP contribution in [0.5, 0.6) is 5.75 Å². The van der Waals surface area contributed by atoms with Crippen LogP contribution in [0, 0.1) is 0 Å². The van der Waals surface area contributed by atoms with Crippen molar-refractivity contribution in [2.75, 3.05) is 0 Å². The molecule has 0 spiro atoms. The standard InChI is InChI=1S/C29H34O3Si/c1-6-7-18-33(4,5)27-15-12-23(13-16-27)22-8-10-24(11-9-22)25-14-17-28(30)26(19-25)20-32-29(31)21(2)3/h8-17,19,30H,2,6-7,18,20H2,1,3-5H3. The van der Waals surface area contributed by atoms with Crippen LogP contribution >= 0.6 is 0 Å². The summed E-state index contributed by atoms with van der Waals surface area (Å²) in [7, 11) is -1.36. The second kappa shape index (κ2) is 10.7. The topological polar surface area (TPSA) is 46.5 Å². The molecular formula is C29H34O3Si. The Morgan fingerprint density at radius 1 is 0.909 bits per heavy atom. The number of ether oxygens (including phenoxy) is 1. The third-order valence-corrected chi connectivity index (χ3v) is 9.66. The van der Waals surface area contributed by atoms with E-state index < -0.39 is 14.0 Å². The molecule has 3 rings (SSSR count). The molecule has 0 amide bonds. The highest BCUT2D eigenvalue weighted by Gasteiger charge is 2.22. The van der Waals surface area contributed by atoms with Gasteiger partial charge in [0, 0.05) is 11.1 Å². The predicted molar refractivity (Wildman–Crippen MR) is 140 cm³/mol. The third kappa shape index (κ3) is 6.23. The number of benzene rings is 3. The van der Waals surface area contributed by atoms with Crippen LogP contribution in [0.3, 0.4) is 0 Å². The molecule has 0 heterocycles. The number of hydrogen-bond donors (Lipinski definition) is 1. The maximum atomic E-state index is 11.7. The molecule has 0 aliphatic carbocycles. The zero-order chi connectivity index (χ0) is 24.0. The Labute approximate surface area is 198 Å². The van der Waals surface area contributed by atoms with Gasteiger partial charge in [-0.05, 0) is 41.3 Å². The fourth-order valence-electron chi connectivity index (χ4n) is 3.88. The van der Waals surface area contributed by atoms with Crippen LogP contribution in [0.4, 0.5) is 0 Å². The maximum Gasteiger partial charge on any atom is 0.333 e. The monoisotopic (exact) mass is 458 g/mol. The van der Waals surface area contributed by atoms with Crippen molar-refractivity contribution >= 4 is 19.2 Å². The van der Waals surface area contributed by atoms with Gasteiger partial charge in [0.1, 0.15) is 12.4 Å². The molecule has 0 unspecified atom stereocenters. The Balaban J connectivity index is 1.76. The molecule has 0 saturated heterocycles.